The van der Waals surface area contributed by atoms with Crippen LogP contribution in [0.15, 0.2) is 18.2 Å². The number of hydrogen-bond acceptors (Lipinski definition) is 2. The van der Waals surface area contributed by atoms with Crippen molar-refractivity contribution >= 4 is 0 Å². The first kappa shape index (κ1) is 13.4. The molecule has 18 heavy (non-hydrogen) atoms. The maximum Gasteiger partial charge on any atom is 0.131 e. The van der Waals surface area contributed by atoms with Crippen LogP contribution in [0.3, 0.4) is 0 Å². The molecule has 100 valence electrons. The summed E-state index contributed by atoms with van der Waals surface area (Å²) >= 11 is 0. The molecule has 2 rings (SSSR count). The molecular formula is C14H19F2NO. The van der Waals surface area contributed by atoms with Gasteiger partial charge in [-0.15, -0.1) is 0 Å². The summed E-state index contributed by atoms with van der Waals surface area (Å²) in [6.07, 6.45) is 1.54. The normalized spacial score (nSPS) is 19.0. The van der Waals surface area contributed by atoms with Crippen molar-refractivity contribution in [3.8, 4) is 0 Å². The van der Waals surface area contributed by atoms with E-state index in [0.29, 0.717) is 18.5 Å². The third-order valence-corrected chi connectivity index (χ3v) is 3.78. The first-order valence-corrected chi connectivity index (χ1v) is 6.32. The largest absolute Gasteiger partial charge is 0.387 e. The molecule has 1 fully saturated rings. The third-order valence-electron chi connectivity index (χ3n) is 3.78. The summed E-state index contributed by atoms with van der Waals surface area (Å²) in [5.41, 5.74) is 0.159. The molecule has 1 aromatic rings. The predicted octanol–water partition coefficient (Wildman–Crippen LogP) is 2.73. The van der Waals surface area contributed by atoms with E-state index < -0.39 is 17.7 Å². The van der Waals surface area contributed by atoms with Crippen LogP contribution >= 0.6 is 0 Å². The van der Waals surface area contributed by atoms with Crippen LogP contribution in [0.2, 0.25) is 0 Å². The number of aliphatic hydroxyl groups excluding tert-OH is 1. The van der Waals surface area contributed by atoms with Gasteiger partial charge in [0.1, 0.15) is 11.6 Å². The second-order valence-electron chi connectivity index (χ2n) is 5.20. The number of halogens is 2. The van der Waals surface area contributed by atoms with Gasteiger partial charge in [-0.1, -0.05) is 6.07 Å². The molecule has 0 aliphatic heterocycles. The number of nitrogens with zero attached hydrogens (tertiary/aromatic N) is 1. The number of rotatable bonds is 5. The van der Waals surface area contributed by atoms with E-state index in [0.717, 1.165) is 6.07 Å². The van der Waals surface area contributed by atoms with Gasteiger partial charge in [0.2, 0.25) is 0 Å². The van der Waals surface area contributed by atoms with E-state index in [4.69, 9.17) is 0 Å². The maximum atomic E-state index is 13.5. The highest BCUT2D eigenvalue weighted by molar-refractivity contribution is 5.21. The third kappa shape index (κ3) is 3.06. The van der Waals surface area contributed by atoms with Gasteiger partial charge in [-0.3, -0.25) is 0 Å². The Morgan fingerprint density at radius 2 is 2.06 bits per heavy atom. The van der Waals surface area contributed by atoms with Crippen molar-refractivity contribution in [2.24, 2.45) is 5.92 Å². The molecule has 2 atom stereocenters. The van der Waals surface area contributed by atoms with E-state index in [-0.39, 0.29) is 5.56 Å². The Morgan fingerprint density at radius 3 is 2.61 bits per heavy atom. The van der Waals surface area contributed by atoms with Gasteiger partial charge in [-0.05, 0) is 38.8 Å². The lowest BCUT2D eigenvalue weighted by molar-refractivity contribution is 0.0997. The zero-order valence-corrected chi connectivity index (χ0v) is 10.7. The molecule has 0 aromatic heterocycles. The average Bonchev–Trinajstić information content (AvgIpc) is 3.11. The fraction of sp³-hybridized carbons (Fsp3) is 0.571. The minimum atomic E-state index is -0.920. The van der Waals surface area contributed by atoms with E-state index in [9.17, 15) is 13.9 Å². The molecule has 0 bridgehead atoms. The van der Waals surface area contributed by atoms with Crippen LogP contribution in [-0.2, 0) is 0 Å². The fourth-order valence-electron chi connectivity index (χ4n) is 2.25. The van der Waals surface area contributed by atoms with E-state index in [1.807, 2.05) is 11.9 Å². The molecule has 1 saturated carbocycles. The lowest BCUT2D eigenvalue weighted by atomic mass is 10.1. The molecule has 1 N–H and O–H groups in total. The Kier molecular flexibility index (Phi) is 3.97. The Labute approximate surface area is 106 Å². The summed E-state index contributed by atoms with van der Waals surface area (Å²) in [5, 5.41) is 10.0. The predicted molar refractivity (Wildman–Crippen MR) is 66.1 cm³/mol. The number of likely N-dealkylation sites (N-methyl/N-ethyl adjacent to an activating group) is 1. The van der Waals surface area contributed by atoms with Crippen molar-refractivity contribution in [2.45, 2.75) is 31.9 Å². The van der Waals surface area contributed by atoms with E-state index in [2.05, 4.69) is 6.92 Å². The monoisotopic (exact) mass is 255 g/mol. The van der Waals surface area contributed by atoms with Gasteiger partial charge in [0, 0.05) is 24.2 Å². The molecular weight excluding hydrogens is 236 g/mol. The number of hydrogen-bond donors (Lipinski definition) is 1. The lowest BCUT2D eigenvalue weighted by Gasteiger charge is -2.27. The SMILES string of the molecule is CC(C1CC1)N(C)CC(O)c1ccc(F)cc1F. The number of benzene rings is 1. The second-order valence-corrected chi connectivity index (χ2v) is 5.20. The maximum absolute atomic E-state index is 13.5. The van der Waals surface area contributed by atoms with Gasteiger partial charge in [-0.25, -0.2) is 8.78 Å². The molecule has 1 aromatic carbocycles. The van der Waals surface area contributed by atoms with Crippen LogP contribution in [0.5, 0.6) is 0 Å². The van der Waals surface area contributed by atoms with E-state index in [1.165, 1.54) is 25.0 Å². The molecule has 0 saturated heterocycles. The van der Waals surface area contributed by atoms with E-state index >= 15 is 0 Å². The van der Waals surface area contributed by atoms with Gasteiger partial charge in [0.05, 0.1) is 6.10 Å². The van der Waals surface area contributed by atoms with Crippen molar-refractivity contribution < 1.29 is 13.9 Å². The zero-order chi connectivity index (χ0) is 13.3. The molecule has 0 heterocycles. The van der Waals surface area contributed by atoms with Crippen LogP contribution in [0.4, 0.5) is 8.78 Å². The lowest BCUT2D eigenvalue weighted by Crippen LogP contribution is -2.34. The van der Waals surface area contributed by atoms with Crippen molar-refractivity contribution in [3.05, 3.63) is 35.4 Å². The molecule has 1 aliphatic carbocycles. The Hall–Kier alpha value is -1.00. The van der Waals surface area contributed by atoms with Crippen molar-refractivity contribution in [1.29, 1.82) is 0 Å². The Balaban J connectivity index is 1.99. The summed E-state index contributed by atoms with van der Waals surface area (Å²) in [7, 11) is 1.92. The van der Waals surface area contributed by atoms with Crippen LogP contribution < -0.4 is 0 Å². The van der Waals surface area contributed by atoms with Crippen LogP contribution in [0.1, 0.15) is 31.4 Å². The van der Waals surface area contributed by atoms with Gasteiger partial charge in [-0.2, -0.15) is 0 Å². The van der Waals surface area contributed by atoms with Crippen LogP contribution in [-0.4, -0.2) is 29.6 Å². The molecule has 0 radical (unpaired) electrons. The quantitative estimate of drug-likeness (QED) is 0.874. The highest BCUT2D eigenvalue weighted by atomic mass is 19.1. The van der Waals surface area contributed by atoms with Crippen LogP contribution in [0, 0.1) is 17.6 Å². The molecule has 4 heteroatoms. The molecule has 1 aliphatic rings. The van der Waals surface area contributed by atoms with Gasteiger partial charge >= 0.3 is 0 Å². The Bertz CT molecular complexity index is 420. The topological polar surface area (TPSA) is 23.5 Å². The summed E-state index contributed by atoms with van der Waals surface area (Å²) < 4.78 is 26.3. The Morgan fingerprint density at radius 1 is 1.39 bits per heavy atom. The van der Waals surface area contributed by atoms with E-state index in [1.54, 1.807) is 0 Å². The van der Waals surface area contributed by atoms with Crippen molar-refractivity contribution in [2.75, 3.05) is 13.6 Å². The fourth-order valence-corrected chi connectivity index (χ4v) is 2.25. The zero-order valence-electron chi connectivity index (χ0n) is 10.7. The summed E-state index contributed by atoms with van der Waals surface area (Å²) in [5.74, 6) is -0.613. The molecule has 2 nitrogen and oxygen atoms in total. The highest BCUT2D eigenvalue weighted by Gasteiger charge is 2.31. The molecule has 0 amide bonds. The first-order valence-electron chi connectivity index (χ1n) is 6.32. The summed E-state index contributed by atoms with van der Waals surface area (Å²) in [6, 6.07) is 3.68. The molecule has 0 spiro atoms. The first-order chi connectivity index (χ1) is 8.49. The average molecular weight is 255 g/mol. The minimum absolute atomic E-state index is 0.159. The van der Waals surface area contributed by atoms with Gasteiger partial charge in [0.25, 0.3) is 0 Å². The second kappa shape index (κ2) is 5.33. The van der Waals surface area contributed by atoms with Crippen LogP contribution in [0.25, 0.3) is 0 Å². The minimum Gasteiger partial charge on any atom is -0.387 e. The van der Waals surface area contributed by atoms with Crippen molar-refractivity contribution in [1.82, 2.24) is 4.90 Å². The number of aliphatic hydroxyl groups is 1. The van der Waals surface area contributed by atoms with Crippen molar-refractivity contribution in [3.63, 3.8) is 0 Å². The standard InChI is InChI=1S/C14H19F2NO/c1-9(10-3-4-10)17(2)8-14(18)12-6-5-11(15)7-13(12)16/h5-7,9-10,14,18H,3-4,8H2,1-2H3. The summed E-state index contributed by atoms with van der Waals surface area (Å²) in [6.45, 7) is 2.48. The highest BCUT2D eigenvalue weighted by Crippen LogP contribution is 2.35. The molecule has 2 unspecified atom stereocenters. The smallest absolute Gasteiger partial charge is 0.131 e. The van der Waals surface area contributed by atoms with Gasteiger partial charge in [0.15, 0.2) is 0 Å². The van der Waals surface area contributed by atoms with Gasteiger partial charge < -0.3 is 10.0 Å². The summed E-state index contributed by atoms with van der Waals surface area (Å²) in [4.78, 5) is 2.03.